The molecule has 0 bridgehead atoms. The summed E-state index contributed by atoms with van der Waals surface area (Å²) < 4.78 is 5.05. The Morgan fingerprint density at radius 1 is 1.36 bits per heavy atom. The van der Waals surface area contributed by atoms with Gasteiger partial charge in [-0.25, -0.2) is 0 Å². The standard InChI is InChI=1S/C19H25N3O2S/c1-12-3-4-16-15(9-12)11-17(25-16)19(23)22-7-5-14(6-8-22)10-18-20-13(2)24-21-18/h11-12,14H,3-10H2,1-2H3/t12-/m0/s1. The normalized spacial score (nSPS) is 21.4. The third-order valence-corrected chi connectivity index (χ3v) is 6.71. The first kappa shape index (κ1) is 16.8. The number of hydrogen-bond acceptors (Lipinski definition) is 5. The summed E-state index contributed by atoms with van der Waals surface area (Å²) in [6.07, 6.45) is 6.40. The smallest absolute Gasteiger partial charge is 0.263 e. The number of fused-ring (bicyclic) bond motifs is 1. The molecule has 2 aromatic heterocycles. The Balaban J connectivity index is 1.35. The topological polar surface area (TPSA) is 59.2 Å². The van der Waals surface area contributed by atoms with E-state index in [0.29, 0.717) is 11.8 Å². The third-order valence-electron chi connectivity index (χ3n) is 5.48. The highest BCUT2D eigenvalue weighted by Gasteiger charge is 2.27. The molecule has 1 amide bonds. The molecule has 6 heteroatoms. The number of piperidine rings is 1. The van der Waals surface area contributed by atoms with Crippen LogP contribution < -0.4 is 0 Å². The lowest BCUT2D eigenvalue weighted by molar-refractivity contribution is 0.0694. The van der Waals surface area contributed by atoms with E-state index in [-0.39, 0.29) is 5.91 Å². The summed E-state index contributed by atoms with van der Waals surface area (Å²) in [6.45, 7) is 5.79. The van der Waals surface area contributed by atoms with E-state index in [4.69, 9.17) is 4.52 Å². The van der Waals surface area contributed by atoms with Crippen LogP contribution in [0.25, 0.3) is 0 Å². The van der Waals surface area contributed by atoms with Crippen LogP contribution in [0.2, 0.25) is 0 Å². The number of likely N-dealkylation sites (tertiary alicyclic amines) is 1. The van der Waals surface area contributed by atoms with Crippen LogP contribution in [0, 0.1) is 18.8 Å². The molecule has 5 nitrogen and oxygen atoms in total. The zero-order valence-electron chi connectivity index (χ0n) is 15.0. The van der Waals surface area contributed by atoms with E-state index < -0.39 is 0 Å². The minimum atomic E-state index is 0.223. The van der Waals surface area contributed by atoms with Crippen molar-refractivity contribution in [2.45, 2.75) is 52.4 Å². The van der Waals surface area contributed by atoms with Gasteiger partial charge in [-0.15, -0.1) is 11.3 Å². The van der Waals surface area contributed by atoms with Crippen molar-refractivity contribution in [3.8, 4) is 0 Å². The summed E-state index contributed by atoms with van der Waals surface area (Å²) in [5.74, 6) is 2.93. The number of aryl methyl sites for hydroxylation is 2. The van der Waals surface area contributed by atoms with Crippen LogP contribution in [0.15, 0.2) is 10.6 Å². The largest absolute Gasteiger partial charge is 0.340 e. The minimum absolute atomic E-state index is 0.223. The van der Waals surface area contributed by atoms with Gasteiger partial charge in [0.1, 0.15) is 0 Å². The van der Waals surface area contributed by atoms with Crippen LogP contribution in [0.4, 0.5) is 0 Å². The Bertz CT molecular complexity index is 759. The van der Waals surface area contributed by atoms with Crippen molar-refractivity contribution in [1.29, 1.82) is 0 Å². The average Bonchev–Trinajstić information content (AvgIpc) is 3.20. The van der Waals surface area contributed by atoms with Gasteiger partial charge in [0.2, 0.25) is 5.89 Å². The number of aromatic nitrogens is 2. The zero-order chi connectivity index (χ0) is 17.4. The molecule has 0 saturated carbocycles. The number of rotatable bonds is 3. The van der Waals surface area contributed by atoms with E-state index in [1.807, 2.05) is 11.8 Å². The molecule has 1 fully saturated rings. The molecule has 0 spiro atoms. The molecule has 3 heterocycles. The first-order valence-electron chi connectivity index (χ1n) is 9.28. The Morgan fingerprint density at radius 2 is 2.16 bits per heavy atom. The van der Waals surface area contributed by atoms with E-state index in [0.717, 1.165) is 61.8 Å². The lowest BCUT2D eigenvalue weighted by atomic mass is 9.90. The molecular formula is C19H25N3O2S. The van der Waals surface area contributed by atoms with Crippen molar-refractivity contribution in [3.05, 3.63) is 33.1 Å². The maximum atomic E-state index is 12.9. The van der Waals surface area contributed by atoms with Gasteiger partial charge in [0, 0.05) is 31.3 Å². The quantitative estimate of drug-likeness (QED) is 0.839. The van der Waals surface area contributed by atoms with Crippen LogP contribution in [-0.4, -0.2) is 34.0 Å². The van der Waals surface area contributed by atoms with Crippen LogP contribution in [0.5, 0.6) is 0 Å². The fourth-order valence-electron chi connectivity index (χ4n) is 3.99. The molecule has 2 aromatic rings. The molecule has 1 atom stereocenters. The first-order chi connectivity index (χ1) is 12.1. The van der Waals surface area contributed by atoms with Gasteiger partial charge in [-0.05, 0) is 55.6 Å². The molecule has 134 valence electrons. The van der Waals surface area contributed by atoms with Crippen molar-refractivity contribution in [3.63, 3.8) is 0 Å². The third kappa shape index (κ3) is 3.64. The summed E-state index contributed by atoms with van der Waals surface area (Å²) in [6, 6.07) is 2.16. The molecule has 25 heavy (non-hydrogen) atoms. The summed E-state index contributed by atoms with van der Waals surface area (Å²) >= 11 is 1.72. The lowest BCUT2D eigenvalue weighted by Gasteiger charge is -2.31. The van der Waals surface area contributed by atoms with Crippen molar-refractivity contribution in [2.75, 3.05) is 13.1 Å². The van der Waals surface area contributed by atoms with E-state index in [1.165, 1.54) is 16.9 Å². The number of carbonyl (C=O) groups is 1. The Morgan fingerprint density at radius 3 is 2.88 bits per heavy atom. The SMILES string of the molecule is Cc1nc(CC2CCN(C(=O)c3cc4c(s3)CC[C@H](C)C4)CC2)no1. The molecule has 0 N–H and O–H groups in total. The molecule has 1 saturated heterocycles. The predicted octanol–water partition coefficient (Wildman–Crippen LogP) is 3.66. The molecule has 1 aliphatic heterocycles. The highest BCUT2D eigenvalue weighted by Crippen LogP contribution is 2.33. The minimum Gasteiger partial charge on any atom is -0.340 e. The highest BCUT2D eigenvalue weighted by atomic mass is 32.1. The average molecular weight is 359 g/mol. The van der Waals surface area contributed by atoms with Crippen LogP contribution in [0.1, 0.15) is 58.0 Å². The number of thiophene rings is 1. The number of hydrogen-bond donors (Lipinski definition) is 0. The Hall–Kier alpha value is -1.69. The lowest BCUT2D eigenvalue weighted by Crippen LogP contribution is -2.38. The van der Waals surface area contributed by atoms with Gasteiger partial charge in [0.05, 0.1) is 4.88 Å². The summed E-state index contributed by atoms with van der Waals surface area (Å²) in [5.41, 5.74) is 1.41. The van der Waals surface area contributed by atoms with E-state index in [1.54, 1.807) is 11.3 Å². The second-order valence-corrected chi connectivity index (χ2v) is 8.71. The van der Waals surface area contributed by atoms with Gasteiger partial charge < -0.3 is 9.42 Å². The van der Waals surface area contributed by atoms with E-state index >= 15 is 0 Å². The fourth-order valence-corrected chi connectivity index (χ4v) is 5.17. The molecular weight excluding hydrogens is 334 g/mol. The summed E-state index contributed by atoms with van der Waals surface area (Å²) in [4.78, 5) is 21.6. The predicted molar refractivity (Wildman–Crippen MR) is 96.9 cm³/mol. The molecule has 0 radical (unpaired) electrons. The molecule has 0 aromatic carbocycles. The fraction of sp³-hybridized carbons (Fsp3) is 0.632. The molecule has 4 rings (SSSR count). The summed E-state index contributed by atoms with van der Waals surface area (Å²) in [7, 11) is 0. The van der Waals surface area contributed by atoms with Crippen LogP contribution in [-0.2, 0) is 19.3 Å². The maximum absolute atomic E-state index is 12.9. The summed E-state index contributed by atoms with van der Waals surface area (Å²) in [5, 5.41) is 3.99. The Kier molecular flexibility index (Phi) is 4.63. The molecule has 2 aliphatic rings. The number of carbonyl (C=O) groups excluding carboxylic acids is 1. The monoisotopic (exact) mass is 359 g/mol. The molecule has 0 unspecified atom stereocenters. The Labute approximate surface area is 152 Å². The maximum Gasteiger partial charge on any atom is 0.263 e. The van der Waals surface area contributed by atoms with Crippen LogP contribution >= 0.6 is 11.3 Å². The van der Waals surface area contributed by atoms with Gasteiger partial charge in [0.25, 0.3) is 5.91 Å². The second kappa shape index (κ2) is 6.90. The van der Waals surface area contributed by atoms with Gasteiger partial charge in [-0.1, -0.05) is 12.1 Å². The van der Waals surface area contributed by atoms with Gasteiger partial charge in [-0.2, -0.15) is 4.98 Å². The second-order valence-electron chi connectivity index (χ2n) is 7.58. The molecule has 1 aliphatic carbocycles. The zero-order valence-corrected chi connectivity index (χ0v) is 15.8. The van der Waals surface area contributed by atoms with E-state index in [9.17, 15) is 4.79 Å². The van der Waals surface area contributed by atoms with E-state index in [2.05, 4.69) is 23.1 Å². The number of amides is 1. The van der Waals surface area contributed by atoms with Crippen LogP contribution in [0.3, 0.4) is 0 Å². The van der Waals surface area contributed by atoms with Gasteiger partial charge >= 0.3 is 0 Å². The van der Waals surface area contributed by atoms with Crippen molar-refractivity contribution in [2.24, 2.45) is 11.8 Å². The van der Waals surface area contributed by atoms with Crippen molar-refractivity contribution >= 4 is 17.2 Å². The van der Waals surface area contributed by atoms with Gasteiger partial charge in [0.15, 0.2) is 5.82 Å². The highest BCUT2D eigenvalue weighted by molar-refractivity contribution is 7.14. The van der Waals surface area contributed by atoms with Crippen molar-refractivity contribution in [1.82, 2.24) is 15.0 Å². The van der Waals surface area contributed by atoms with Crippen molar-refractivity contribution < 1.29 is 9.32 Å². The van der Waals surface area contributed by atoms with Gasteiger partial charge in [-0.3, -0.25) is 4.79 Å². The first-order valence-corrected chi connectivity index (χ1v) is 10.1. The number of nitrogens with zero attached hydrogens (tertiary/aromatic N) is 3.